The Labute approximate surface area is 89.0 Å². The average molecular weight is 202 g/mol. The second-order valence-corrected chi connectivity index (χ2v) is 3.44. The van der Waals surface area contributed by atoms with Crippen molar-refractivity contribution < 1.29 is 0 Å². The van der Waals surface area contributed by atoms with Crippen molar-refractivity contribution in [1.29, 1.82) is 0 Å². The van der Waals surface area contributed by atoms with E-state index in [0.29, 0.717) is 0 Å². The van der Waals surface area contributed by atoms with Crippen LogP contribution in [0.25, 0.3) is 0 Å². The fourth-order valence-corrected chi connectivity index (χ4v) is 1.48. The molecule has 15 heavy (non-hydrogen) atoms. The van der Waals surface area contributed by atoms with Gasteiger partial charge in [-0.15, -0.1) is 5.10 Å². The zero-order valence-electron chi connectivity index (χ0n) is 8.58. The molecule has 0 saturated heterocycles. The Morgan fingerprint density at radius 1 is 1.13 bits per heavy atom. The zero-order chi connectivity index (χ0) is 10.3. The highest BCUT2D eigenvalue weighted by Crippen LogP contribution is 2.02. The minimum Gasteiger partial charge on any atom is -0.261 e. The molecule has 0 aliphatic heterocycles. The molecule has 0 atom stereocenters. The summed E-state index contributed by atoms with van der Waals surface area (Å²) < 4.78 is 1.86. The molecule has 4 nitrogen and oxygen atoms in total. The van der Waals surface area contributed by atoms with Crippen molar-refractivity contribution in [2.45, 2.75) is 25.8 Å². The molecule has 0 bridgehead atoms. The highest BCUT2D eigenvalue weighted by molar-refractivity contribution is 5.03. The first-order chi connectivity index (χ1) is 7.45. The van der Waals surface area contributed by atoms with Gasteiger partial charge in [0.15, 0.2) is 0 Å². The van der Waals surface area contributed by atoms with Crippen LogP contribution in [0.15, 0.2) is 36.8 Å². The fourth-order valence-electron chi connectivity index (χ4n) is 1.48. The lowest BCUT2D eigenvalue weighted by molar-refractivity contribution is 0.539. The third-order valence-corrected chi connectivity index (χ3v) is 2.27. The van der Waals surface area contributed by atoms with Crippen molar-refractivity contribution in [1.82, 2.24) is 20.0 Å². The third kappa shape index (κ3) is 3.16. The van der Waals surface area contributed by atoms with Gasteiger partial charge in [0, 0.05) is 24.6 Å². The predicted molar refractivity (Wildman–Crippen MR) is 57.2 cm³/mol. The standard InChI is InChI=1S/C11H14N4/c1-3-7-12-11(5-1)6-2-4-9-15-10-8-13-14-15/h1,3,5,7-8,10H,2,4,6,9H2. The normalized spacial score (nSPS) is 10.4. The quantitative estimate of drug-likeness (QED) is 0.693. The topological polar surface area (TPSA) is 43.6 Å². The molecule has 2 heterocycles. The number of rotatable bonds is 5. The summed E-state index contributed by atoms with van der Waals surface area (Å²) in [7, 11) is 0. The Kier molecular flexibility index (Phi) is 3.43. The van der Waals surface area contributed by atoms with Crippen LogP contribution in [-0.4, -0.2) is 20.0 Å². The molecule has 2 aromatic rings. The summed E-state index contributed by atoms with van der Waals surface area (Å²) in [5, 5.41) is 7.67. The highest BCUT2D eigenvalue weighted by atomic mass is 15.4. The lowest BCUT2D eigenvalue weighted by Crippen LogP contribution is -1.99. The van der Waals surface area contributed by atoms with Gasteiger partial charge in [0.1, 0.15) is 0 Å². The third-order valence-electron chi connectivity index (χ3n) is 2.27. The molecule has 78 valence electrons. The first kappa shape index (κ1) is 9.83. The maximum Gasteiger partial charge on any atom is 0.0692 e. The van der Waals surface area contributed by atoms with Crippen LogP contribution in [0, 0.1) is 0 Å². The van der Waals surface area contributed by atoms with E-state index in [1.54, 1.807) is 6.20 Å². The van der Waals surface area contributed by atoms with E-state index < -0.39 is 0 Å². The van der Waals surface area contributed by atoms with Crippen molar-refractivity contribution in [2.75, 3.05) is 0 Å². The van der Waals surface area contributed by atoms with Gasteiger partial charge in [0.2, 0.25) is 0 Å². The molecule has 0 aliphatic carbocycles. The van der Waals surface area contributed by atoms with Crippen LogP contribution in [0.1, 0.15) is 18.5 Å². The van der Waals surface area contributed by atoms with Gasteiger partial charge >= 0.3 is 0 Å². The number of hydrogen-bond acceptors (Lipinski definition) is 3. The van der Waals surface area contributed by atoms with E-state index in [0.717, 1.165) is 31.5 Å². The summed E-state index contributed by atoms with van der Waals surface area (Å²) in [5.41, 5.74) is 1.16. The van der Waals surface area contributed by atoms with E-state index in [4.69, 9.17) is 0 Å². The summed E-state index contributed by atoms with van der Waals surface area (Å²) in [6.07, 6.45) is 8.72. The van der Waals surface area contributed by atoms with Gasteiger partial charge in [-0.2, -0.15) is 0 Å². The average Bonchev–Trinajstić information content (AvgIpc) is 2.79. The Morgan fingerprint density at radius 3 is 2.87 bits per heavy atom. The largest absolute Gasteiger partial charge is 0.261 e. The maximum atomic E-state index is 4.28. The maximum absolute atomic E-state index is 4.28. The van der Waals surface area contributed by atoms with Gasteiger partial charge in [0.05, 0.1) is 6.20 Å². The molecule has 0 aromatic carbocycles. The molecule has 0 aliphatic rings. The molecule has 0 saturated carbocycles. The lowest BCUT2D eigenvalue weighted by atomic mass is 10.2. The second kappa shape index (κ2) is 5.24. The van der Waals surface area contributed by atoms with Crippen LogP contribution in [0.3, 0.4) is 0 Å². The lowest BCUT2D eigenvalue weighted by Gasteiger charge is -2.00. The first-order valence-electron chi connectivity index (χ1n) is 5.19. The van der Waals surface area contributed by atoms with E-state index in [9.17, 15) is 0 Å². The molecule has 0 N–H and O–H groups in total. The summed E-state index contributed by atoms with van der Waals surface area (Å²) in [4.78, 5) is 4.28. The number of pyridine rings is 1. The number of unbranched alkanes of at least 4 members (excludes halogenated alkanes) is 1. The Balaban J connectivity index is 1.68. The van der Waals surface area contributed by atoms with Crippen LogP contribution in [-0.2, 0) is 13.0 Å². The highest BCUT2D eigenvalue weighted by Gasteiger charge is 1.95. The van der Waals surface area contributed by atoms with E-state index in [1.165, 1.54) is 0 Å². The van der Waals surface area contributed by atoms with E-state index >= 15 is 0 Å². The Morgan fingerprint density at radius 2 is 2.13 bits per heavy atom. The number of aryl methyl sites for hydroxylation is 2. The van der Waals surface area contributed by atoms with Gasteiger partial charge in [-0.05, 0) is 31.4 Å². The second-order valence-electron chi connectivity index (χ2n) is 3.44. The van der Waals surface area contributed by atoms with Gasteiger partial charge in [-0.1, -0.05) is 11.3 Å². The monoisotopic (exact) mass is 202 g/mol. The van der Waals surface area contributed by atoms with Gasteiger partial charge < -0.3 is 0 Å². The van der Waals surface area contributed by atoms with Crippen LogP contribution in [0.4, 0.5) is 0 Å². The van der Waals surface area contributed by atoms with Crippen LogP contribution < -0.4 is 0 Å². The molecule has 0 unspecified atom stereocenters. The van der Waals surface area contributed by atoms with Crippen molar-refractivity contribution >= 4 is 0 Å². The summed E-state index contributed by atoms with van der Waals surface area (Å²) in [6, 6.07) is 6.04. The molecule has 0 amide bonds. The Bertz CT molecular complexity index is 369. The van der Waals surface area contributed by atoms with E-state index in [2.05, 4.69) is 21.4 Å². The number of aromatic nitrogens is 4. The molecular formula is C11H14N4. The fraction of sp³-hybridized carbons (Fsp3) is 0.364. The zero-order valence-corrected chi connectivity index (χ0v) is 8.58. The molecule has 4 heteroatoms. The minimum absolute atomic E-state index is 0.937. The van der Waals surface area contributed by atoms with E-state index in [1.807, 2.05) is 29.2 Å². The molecule has 0 radical (unpaired) electrons. The molecule has 0 spiro atoms. The van der Waals surface area contributed by atoms with Crippen molar-refractivity contribution in [2.24, 2.45) is 0 Å². The molecule has 2 rings (SSSR count). The van der Waals surface area contributed by atoms with Crippen LogP contribution >= 0.6 is 0 Å². The first-order valence-corrected chi connectivity index (χ1v) is 5.19. The van der Waals surface area contributed by atoms with Crippen LogP contribution in [0.2, 0.25) is 0 Å². The van der Waals surface area contributed by atoms with Crippen molar-refractivity contribution in [3.05, 3.63) is 42.5 Å². The molecule has 0 fully saturated rings. The van der Waals surface area contributed by atoms with Crippen LogP contribution in [0.5, 0.6) is 0 Å². The number of hydrogen-bond donors (Lipinski definition) is 0. The summed E-state index contributed by atoms with van der Waals surface area (Å²) in [6.45, 7) is 0.937. The summed E-state index contributed by atoms with van der Waals surface area (Å²) in [5.74, 6) is 0. The van der Waals surface area contributed by atoms with Gasteiger partial charge in [-0.25, -0.2) is 0 Å². The summed E-state index contributed by atoms with van der Waals surface area (Å²) >= 11 is 0. The molecular weight excluding hydrogens is 188 g/mol. The SMILES string of the molecule is c1ccc(CCCCn2ccnn2)nc1. The van der Waals surface area contributed by atoms with Gasteiger partial charge in [-0.3, -0.25) is 9.67 Å². The van der Waals surface area contributed by atoms with Crippen molar-refractivity contribution in [3.8, 4) is 0 Å². The Hall–Kier alpha value is -1.71. The predicted octanol–water partition coefficient (Wildman–Crippen LogP) is 1.70. The van der Waals surface area contributed by atoms with Crippen molar-refractivity contribution in [3.63, 3.8) is 0 Å². The minimum atomic E-state index is 0.937. The van der Waals surface area contributed by atoms with Gasteiger partial charge in [0.25, 0.3) is 0 Å². The smallest absolute Gasteiger partial charge is 0.0692 e. The van der Waals surface area contributed by atoms with E-state index in [-0.39, 0.29) is 0 Å². The molecule has 2 aromatic heterocycles. The number of nitrogens with zero attached hydrogens (tertiary/aromatic N) is 4.